The van der Waals surface area contributed by atoms with Crippen LogP contribution in [0.3, 0.4) is 0 Å². The predicted molar refractivity (Wildman–Crippen MR) is 120 cm³/mol. The number of carboxylic acid groups (broad SMARTS) is 1. The van der Waals surface area contributed by atoms with Gasteiger partial charge < -0.3 is 25.6 Å². The van der Waals surface area contributed by atoms with Crippen molar-refractivity contribution in [3.05, 3.63) is 42.7 Å². The van der Waals surface area contributed by atoms with Crippen molar-refractivity contribution in [2.24, 2.45) is 5.16 Å². The summed E-state index contributed by atoms with van der Waals surface area (Å²) in [7, 11) is -4.11. The van der Waals surface area contributed by atoms with E-state index in [0.29, 0.717) is 31.9 Å². The van der Waals surface area contributed by atoms with Crippen molar-refractivity contribution >= 4 is 34.2 Å². The maximum Gasteiger partial charge on any atom is 0.323 e. The fourth-order valence-electron chi connectivity index (χ4n) is 3.94. The fourth-order valence-corrected chi connectivity index (χ4v) is 5.14. The number of amidine groups is 1. The first-order valence-corrected chi connectivity index (χ1v) is 12.0. The molecule has 1 amide bonds. The number of aromatic amines is 1. The zero-order valence-corrected chi connectivity index (χ0v) is 18.9. The standard InChI is InChI=1S/C20H25N7O6S/c28-13-27(11-16(18(29)30)26-34(31,32)15-4-2-1-3-5-15)17-9-20(33-25-17)8-14(24-12-20)10-23-19-21-6-7-22-19/h1-7,13-14,16,24,26H,8-12H2,(H,29,30)(H2,21,22,23)/t14?,16?,20-/m0/s1. The summed E-state index contributed by atoms with van der Waals surface area (Å²) in [5.41, 5.74) is -0.672. The minimum absolute atomic E-state index is 0.0637. The molecule has 13 nitrogen and oxygen atoms in total. The molecule has 2 aromatic rings. The van der Waals surface area contributed by atoms with E-state index >= 15 is 0 Å². The molecule has 0 aliphatic carbocycles. The third-order valence-electron chi connectivity index (χ3n) is 5.66. The number of hydrogen-bond acceptors (Lipinski definition) is 9. The number of anilines is 1. The van der Waals surface area contributed by atoms with Crippen molar-refractivity contribution in [2.45, 2.75) is 35.4 Å². The Morgan fingerprint density at radius 3 is 2.85 bits per heavy atom. The van der Waals surface area contributed by atoms with E-state index in [4.69, 9.17) is 4.84 Å². The van der Waals surface area contributed by atoms with Gasteiger partial charge in [-0.05, 0) is 12.1 Å². The van der Waals surface area contributed by atoms with Gasteiger partial charge in [0.1, 0.15) is 6.04 Å². The van der Waals surface area contributed by atoms with Gasteiger partial charge in [0, 0.05) is 37.9 Å². The van der Waals surface area contributed by atoms with E-state index in [-0.39, 0.29) is 23.2 Å². The van der Waals surface area contributed by atoms with Crippen LogP contribution >= 0.6 is 0 Å². The second kappa shape index (κ2) is 9.79. The van der Waals surface area contributed by atoms with E-state index in [1.807, 2.05) is 0 Å². The molecule has 0 radical (unpaired) electrons. The monoisotopic (exact) mass is 491 g/mol. The van der Waals surface area contributed by atoms with Crippen LogP contribution in [0.1, 0.15) is 12.8 Å². The van der Waals surface area contributed by atoms with Gasteiger partial charge in [-0.2, -0.15) is 4.72 Å². The summed E-state index contributed by atoms with van der Waals surface area (Å²) < 4.78 is 27.3. The van der Waals surface area contributed by atoms with E-state index in [1.54, 1.807) is 18.5 Å². The number of oxime groups is 1. The third kappa shape index (κ3) is 5.35. The van der Waals surface area contributed by atoms with Crippen LogP contribution < -0.4 is 15.4 Å². The lowest BCUT2D eigenvalue weighted by Crippen LogP contribution is -2.49. The first-order chi connectivity index (χ1) is 16.3. The number of amides is 1. The molecule has 2 aliphatic heterocycles. The molecule has 2 aliphatic rings. The fraction of sp³-hybridized carbons (Fsp3) is 0.400. The van der Waals surface area contributed by atoms with Gasteiger partial charge in [-0.25, -0.2) is 13.4 Å². The Kier molecular flexibility index (Phi) is 6.81. The van der Waals surface area contributed by atoms with Crippen LogP contribution in [0.5, 0.6) is 0 Å². The summed E-state index contributed by atoms with van der Waals surface area (Å²) in [5, 5.41) is 20.1. The number of rotatable bonds is 10. The zero-order chi connectivity index (χ0) is 24.2. The minimum atomic E-state index is -4.11. The van der Waals surface area contributed by atoms with Gasteiger partial charge in [0.15, 0.2) is 17.4 Å². The Bertz CT molecular complexity index is 1140. The molecule has 4 rings (SSSR count). The molecule has 0 bridgehead atoms. The normalized spacial score (nSPS) is 22.7. The highest BCUT2D eigenvalue weighted by Crippen LogP contribution is 2.33. The molecule has 3 heterocycles. The number of nitrogens with zero attached hydrogens (tertiary/aromatic N) is 3. The lowest BCUT2D eigenvalue weighted by Gasteiger charge is -2.23. The molecule has 1 fully saturated rings. The van der Waals surface area contributed by atoms with Crippen molar-refractivity contribution in [3.63, 3.8) is 0 Å². The van der Waals surface area contributed by atoms with Gasteiger partial charge in [0.2, 0.25) is 16.4 Å². The highest BCUT2D eigenvalue weighted by atomic mass is 32.2. The summed E-state index contributed by atoms with van der Waals surface area (Å²) in [6.07, 6.45) is 4.65. The SMILES string of the molecule is O=CN(CC(NS(=O)(=O)c1ccccc1)C(=O)O)C1=NO[C@]2(CNC(CNc3ncc[nH]3)C2)C1. The number of aromatic nitrogens is 2. The molecule has 1 aromatic heterocycles. The van der Waals surface area contributed by atoms with Gasteiger partial charge >= 0.3 is 5.97 Å². The van der Waals surface area contributed by atoms with Crippen LogP contribution in [0.15, 0.2) is 52.8 Å². The van der Waals surface area contributed by atoms with Crippen molar-refractivity contribution in [3.8, 4) is 0 Å². The maximum absolute atomic E-state index is 12.6. The van der Waals surface area contributed by atoms with Crippen molar-refractivity contribution in [1.29, 1.82) is 0 Å². The minimum Gasteiger partial charge on any atom is -0.480 e. The second-order valence-electron chi connectivity index (χ2n) is 8.14. The number of hydrogen-bond donors (Lipinski definition) is 5. The van der Waals surface area contributed by atoms with Gasteiger partial charge in [-0.1, -0.05) is 23.4 Å². The van der Waals surface area contributed by atoms with Crippen LogP contribution in [-0.4, -0.2) is 83.9 Å². The highest BCUT2D eigenvalue weighted by Gasteiger charge is 2.47. The van der Waals surface area contributed by atoms with Crippen molar-refractivity contribution < 1.29 is 28.0 Å². The number of nitrogens with one attached hydrogen (secondary N) is 4. The lowest BCUT2D eigenvalue weighted by molar-refractivity contribution is -0.139. The predicted octanol–water partition coefficient (Wildman–Crippen LogP) is -0.454. The van der Waals surface area contributed by atoms with Crippen LogP contribution in [0.2, 0.25) is 0 Å². The van der Waals surface area contributed by atoms with E-state index in [1.165, 1.54) is 24.3 Å². The molecular formula is C20H25N7O6S. The second-order valence-corrected chi connectivity index (χ2v) is 9.86. The van der Waals surface area contributed by atoms with E-state index in [9.17, 15) is 23.1 Å². The highest BCUT2D eigenvalue weighted by molar-refractivity contribution is 7.89. The van der Waals surface area contributed by atoms with Crippen molar-refractivity contribution in [2.75, 3.05) is 25.0 Å². The molecule has 1 saturated heterocycles. The zero-order valence-electron chi connectivity index (χ0n) is 18.0. The largest absolute Gasteiger partial charge is 0.480 e. The summed E-state index contributed by atoms with van der Waals surface area (Å²) in [6.45, 7) is 0.633. The Morgan fingerprint density at radius 2 is 2.18 bits per heavy atom. The Hall–Kier alpha value is -3.49. The van der Waals surface area contributed by atoms with Crippen LogP contribution in [-0.2, 0) is 24.4 Å². The van der Waals surface area contributed by atoms with Gasteiger partial charge in [-0.15, -0.1) is 0 Å². The molecule has 1 aromatic carbocycles. The summed E-state index contributed by atoms with van der Waals surface area (Å²) in [6, 6.07) is 5.88. The third-order valence-corrected chi connectivity index (χ3v) is 7.15. The number of imidazole rings is 1. The summed E-state index contributed by atoms with van der Waals surface area (Å²) in [5.74, 6) is -0.536. The molecular weight excluding hydrogens is 466 g/mol. The number of carbonyl (C=O) groups excluding carboxylic acids is 1. The number of aliphatic carboxylic acids is 1. The molecule has 182 valence electrons. The van der Waals surface area contributed by atoms with Crippen LogP contribution in [0.25, 0.3) is 0 Å². The average Bonchev–Trinajstić information content (AvgIpc) is 3.58. The van der Waals surface area contributed by atoms with Crippen molar-refractivity contribution in [1.82, 2.24) is 24.9 Å². The Morgan fingerprint density at radius 1 is 1.38 bits per heavy atom. The van der Waals surface area contributed by atoms with Crippen LogP contribution in [0.4, 0.5) is 5.95 Å². The molecule has 14 heteroatoms. The smallest absolute Gasteiger partial charge is 0.323 e. The van der Waals surface area contributed by atoms with E-state index in [0.717, 1.165) is 4.90 Å². The molecule has 34 heavy (non-hydrogen) atoms. The first-order valence-electron chi connectivity index (χ1n) is 10.5. The molecule has 0 saturated carbocycles. The lowest BCUT2D eigenvalue weighted by atomic mass is 9.95. The van der Waals surface area contributed by atoms with Gasteiger partial charge in [0.25, 0.3) is 0 Å². The number of carbonyl (C=O) groups is 2. The number of benzene rings is 1. The summed E-state index contributed by atoms with van der Waals surface area (Å²) >= 11 is 0. The van der Waals surface area contributed by atoms with E-state index in [2.05, 4.69) is 30.5 Å². The van der Waals surface area contributed by atoms with Crippen LogP contribution in [0, 0.1) is 0 Å². The Balaban J connectivity index is 1.36. The first kappa shape index (κ1) is 23.7. The topological polar surface area (TPSA) is 178 Å². The molecule has 3 atom stereocenters. The quantitative estimate of drug-likeness (QED) is 0.275. The number of carboxylic acids is 1. The molecule has 5 N–H and O–H groups in total. The maximum atomic E-state index is 12.6. The number of H-pyrrole nitrogens is 1. The average molecular weight is 492 g/mol. The molecule has 2 unspecified atom stereocenters. The van der Waals surface area contributed by atoms with Gasteiger partial charge in [0.05, 0.1) is 17.9 Å². The van der Waals surface area contributed by atoms with E-state index < -0.39 is 34.2 Å². The molecule has 1 spiro atoms. The Labute approximate surface area is 195 Å². The summed E-state index contributed by atoms with van der Waals surface area (Å²) in [4.78, 5) is 37.3. The number of sulfonamides is 1. The van der Waals surface area contributed by atoms with Gasteiger partial charge in [-0.3, -0.25) is 14.5 Å².